The Kier molecular flexibility index (Phi) is 4.12. The van der Waals surface area contributed by atoms with Gasteiger partial charge in [0.25, 0.3) is 10.0 Å². The minimum atomic E-state index is -3.67. The van der Waals surface area contributed by atoms with E-state index in [0.29, 0.717) is 21.5 Å². The molecule has 0 aliphatic heterocycles. The molecule has 0 radical (unpaired) electrons. The number of ether oxygens (including phenoxy) is 1. The van der Waals surface area contributed by atoms with E-state index in [1.165, 1.54) is 19.2 Å². The average molecular weight is 333 g/mol. The molecular weight excluding hydrogens is 320 g/mol. The molecule has 108 valence electrons. The molecule has 0 spiro atoms. The van der Waals surface area contributed by atoms with Crippen LogP contribution in [0, 0.1) is 6.92 Å². The summed E-state index contributed by atoms with van der Waals surface area (Å²) in [5.74, 6) is 0.408. The van der Waals surface area contributed by atoms with Gasteiger partial charge in [-0.15, -0.1) is 11.3 Å². The van der Waals surface area contributed by atoms with E-state index in [1.54, 1.807) is 19.1 Å². The van der Waals surface area contributed by atoms with Crippen LogP contribution in [0.1, 0.15) is 5.56 Å². The molecule has 0 atom stereocenters. The molecule has 0 fully saturated rings. The summed E-state index contributed by atoms with van der Waals surface area (Å²) < 4.78 is 32.6. The second-order valence-electron chi connectivity index (χ2n) is 4.08. The van der Waals surface area contributed by atoms with Crippen LogP contribution in [0.5, 0.6) is 5.75 Å². The van der Waals surface area contributed by atoms with Gasteiger partial charge < -0.3 is 10.5 Å². The smallest absolute Gasteiger partial charge is 0.271 e. The molecule has 20 heavy (non-hydrogen) atoms. The van der Waals surface area contributed by atoms with E-state index in [-0.39, 0.29) is 4.21 Å². The second-order valence-corrected chi connectivity index (χ2v) is 7.65. The van der Waals surface area contributed by atoms with Crippen molar-refractivity contribution in [3.8, 4) is 5.75 Å². The number of nitrogens with two attached hydrogens (primary N) is 1. The molecule has 0 unspecified atom stereocenters. The maximum absolute atomic E-state index is 12.2. The first kappa shape index (κ1) is 15.0. The van der Waals surface area contributed by atoms with Gasteiger partial charge in [0.1, 0.15) is 9.96 Å². The molecule has 0 aliphatic rings. The molecule has 0 aliphatic carbocycles. The fourth-order valence-corrected chi connectivity index (χ4v) is 4.30. The van der Waals surface area contributed by atoms with Crippen LogP contribution in [-0.4, -0.2) is 15.5 Å². The molecule has 1 heterocycles. The number of halogens is 1. The van der Waals surface area contributed by atoms with Crippen LogP contribution < -0.4 is 15.2 Å². The maximum atomic E-state index is 12.2. The number of anilines is 2. The number of sulfonamides is 1. The van der Waals surface area contributed by atoms with Crippen LogP contribution >= 0.6 is 22.9 Å². The molecule has 5 nitrogen and oxygen atoms in total. The van der Waals surface area contributed by atoms with E-state index >= 15 is 0 Å². The highest BCUT2D eigenvalue weighted by Crippen LogP contribution is 2.32. The lowest BCUT2D eigenvalue weighted by Crippen LogP contribution is -2.11. The molecule has 0 saturated carbocycles. The summed E-state index contributed by atoms with van der Waals surface area (Å²) in [6, 6.07) is 6.19. The SMILES string of the molecule is COc1cc(NS(=O)(=O)c2cc(C)c(Cl)s2)ccc1N. The zero-order valence-corrected chi connectivity index (χ0v) is 13.2. The number of nitrogens with one attached hydrogen (secondary N) is 1. The highest BCUT2D eigenvalue weighted by molar-refractivity contribution is 7.94. The molecular formula is C12H13ClN2O3S2. The van der Waals surface area contributed by atoms with Gasteiger partial charge in [-0.1, -0.05) is 11.6 Å². The quantitative estimate of drug-likeness (QED) is 0.843. The van der Waals surface area contributed by atoms with Gasteiger partial charge >= 0.3 is 0 Å². The number of aryl methyl sites for hydroxylation is 1. The third kappa shape index (κ3) is 3.00. The first-order valence-corrected chi connectivity index (χ1v) is 8.23. The number of rotatable bonds is 4. The first-order valence-electron chi connectivity index (χ1n) is 5.56. The summed E-state index contributed by atoms with van der Waals surface area (Å²) in [5.41, 5.74) is 7.22. The van der Waals surface area contributed by atoms with E-state index in [4.69, 9.17) is 22.1 Å². The minimum Gasteiger partial charge on any atom is -0.495 e. The molecule has 0 amide bonds. The lowest BCUT2D eigenvalue weighted by molar-refractivity contribution is 0.417. The second kappa shape index (κ2) is 5.51. The van der Waals surface area contributed by atoms with E-state index in [1.807, 2.05) is 0 Å². The van der Waals surface area contributed by atoms with Crippen LogP contribution in [0.15, 0.2) is 28.5 Å². The molecule has 1 aromatic carbocycles. The molecule has 2 aromatic rings. The van der Waals surface area contributed by atoms with Gasteiger partial charge in [0.05, 0.1) is 22.8 Å². The summed E-state index contributed by atoms with van der Waals surface area (Å²) in [5, 5.41) is 0. The molecule has 2 rings (SSSR count). The van der Waals surface area contributed by atoms with E-state index < -0.39 is 10.0 Å². The Bertz CT molecular complexity index is 722. The van der Waals surface area contributed by atoms with Crippen molar-refractivity contribution in [2.24, 2.45) is 0 Å². The molecule has 8 heteroatoms. The standard InChI is InChI=1S/C12H13ClN2O3S2/c1-7-5-11(19-12(7)13)20(16,17)15-8-3-4-9(14)10(6-8)18-2/h3-6,15H,14H2,1-2H3. The predicted octanol–water partition coefficient (Wildman–Crippen LogP) is 3.10. The Morgan fingerprint density at radius 3 is 2.60 bits per heavy atom. The molecule has 0 saturated heterocycles. The molecule has 1 aromatic heterocycles. The zero-order chi connectivity index (χ0) is 14.9. The van der Waals surface area contributed by atoms with Gasteiger partial charge in [-0.25, -0.2) is 8.42 Å². The third-order valence-corrected chi connectivity index (χ3v) is 6.00. The van der Waals surface area contributed by atoms with Crippen LogP contribution in [0.2, 0.25) is 4.34 Å². The minimum absolute atomic E-state index is 0.163. The number of benzene rings is 1. The van der Waals surface area contributed by atoms with Crippen LogP contribution in [0.25, 0.3) is 0 Å². The van der Waals surface area contributed by atoms with Crippen molar-refractivity contribution in [2.75, 3.05) is 17.6 Å². The van der Waals surface area contributed by atoms with Crippen LogP contribution in [0.4, 0.5) is 11.4 Å². The fraction of sp³-hybridized carbons (Fsp3) is 0.167. The number of thiophene rings is 1. The van der Waals surface area contributed by atoms with Crippen molar-refractivity contribution in [1.29, 1.82) is 0 Å². The number of nitrogen functional groups attached to an aromatic ring is 1. The van der Waals surface area contributed by atoms with Gasteiger partial charge in [0, 0.05) is 6.07 Å². The van der Waals surface area contributed by atoms with Gasteiger partial charge in [-0.2, -0.15) is 0 Å². The normalized spacial score (nSPS) is 11.3. The Labute approximate surface area is 126 Å². The Morgan fingerprint density at radius 2 is 2.05 bits per heavy atom. The Balaban J connectivity index is 2.33. The van der Waals surface area contributed by atoms with Crippen molar-refractivity contribution in [3.63, 3.8) is 0 Å². The summed E-state index contributed by atoms with van der Waals surface area (Å²) in [6.07, 6.45) is 0. The Hall–Kier alpha value is -1.44. The fourth-order valence-electron chi connectivity index (χ4n) is 1.54. The number of hydrogen-bond donors (Lipinski definition) is 2. The van der Waals surface area contributed by atoms with E-state index in [2.05, 4.69) is 4.72 Å². The summed E-state index contributed by atoms with van der Waals surface area (Å²) >= 11 is 6.91. The number of methoxy groups -OCH3 is 1. The van der Waals surface area contributed by atoms with Gasteiger partial charge in [0.15, 0.2) is 0 Å². The Morgan fingerprint density at radius 1 is 1.35 bits per heavy atom. The first-order chi connectivity index (χ1) is 9.33. The van der Waals surface area contributed by atoms with Crippen LogP contribution in [0.3, 0.4) is 0 Å². The van der Waals surface area contributed by atoms with Crippen molar-refractivity contribution >= 4 is 44.3 Å². The van der Waals surface area contributed by atoms with E-state index in [9.17, 15) is 8.42 Å². The summed E-state index contributed by atoms with van der Waals surface area (Å²) in [6.45, 7) is 1.75. The third-order valence-electron chi connectivity index (χ3n) is 2.59. The van der Waals surface area contributed by atoms with Gasteiger partial charge in [-0.05, 0) is 30.7 Å². The van der Waals surface area contributed by atoms with Gasteiger partial charge in [0.2, 0.25) is 0 Å². The van der Waals surface area contributed by atoms with Gasteiger partial charge in [-0.3, -0.25) is 4.72 Å². The zero-order valence-electron chi connectivity index (χ0n) is 10.8. The molecule has 3 N–H and O–H groups in total. The predicted molar refractivity (Wildman–Crippen MR) is 82.3 cm³/mol. The van der Waals surface area contributed by atoms with Crippen molar-refractivity contribution in [1.82, 2.24) is 0 Å². The van der Waals surface area contributed by atoms with Crippen molar-refractivity contribution in [3.05, 3.63) is 34.2 Å². The lowest BCUT2D eigenvalue weighted by Gasteiger charge is -2.09. The maximum Gasteiger partial charge on any atom is 0.271 e. The summed E-state index contributed by atoms with van der Waals surface area (Å²) in [4.78, 5) is 0. The molecule has 0 bridgehead atoms. The highest BCUT2D eigenvalue weighted by atomic mass is 35.5. The average Bonchev–Trinajstić information content (AvgIpc) is 2.72. The van der Waals surface area contributed by atoms with Crippen LogP contribution in [-0.2, 0) is 10.0 Å². The summed E-state index contributed by atoms with van der Waals surface area (Å²) in [7, 11) is -2.20. The highest BCUT2D eigenvalue weighted by Gasteiger charge is 2.19. The number of hydrogen-bond acceptors (Lipinski definition) is 5. The largest absolute Gasteiger partial charge is 0.495 e. The topological polar surface area (TPSA) is 81.4 Å². The van der Waals surface area contributed by atoms with E-state index in [0.717, 1.165) is 16.9 Å². The lowest BCUT2D eigenvalue weighted by atomic mass is 10.3. The van der Waals surface area contributed by atoms with Crippen molar-refractivity contribution < 1.29 is 13.2 Å². The monoisotopic (exact) mass is 332 g/mol. The van der Waals surface area contributed by atoms with Crippen molar-refractivity contribution in [2.45, 2.75) is 11.1 Å².